The molecule has 0 saturated carbocycles. The third-order valence-corrected chi connectivity index (χ3v) is 1.10. The minimum Gasteiger partial charge on any atom is -0.416 e. The predicted molar refractivity (Wildman–Crippen MR) is 42.5 cm³/mol. The van der Waals surface area contributed by atoms with Crippen molar-refractivity contribution in [3.8, 4) is 0 Å². The number of alkyl halides is 3. The molecule has 0 aromatic rings. The first kappa shape index (κ1) is 13.5. The summed E-state index contributed by atoms with van der Waals surface area (Å²) in [7, 11) is 0. The van der Waals surface area contributed by atoms with Gasteiger partial charge < -0.3 is 9.47 Å². The molecular weight excluding hydrogens is 217 g/mol. The molecule has 0 heterocycles. The maximum absolute atomic E-state index is 12.1. The molecule has 0 radical (unpaired) electrons. The van der Waals surface area contributed by atoms with Crippen LogP contribution < -0.4 is 0 Å². The topological polar surface area (TPSA) is 52.6 Å². The summed E-state index contributed by atoms with van der Waals surface area (Å²) in [5.41, 5.74) is -0.226. The lowest BCUT2D eigenvalue weighted by Gasteiger charge is -2.19. The minimum absolute atomic E-state index is 0.226. The van der Waals surface area contributed by atoms with Crippen molar-refractivity contribution in [1.29, 1.82) is 0 Å². The molecule has 0 aliphatic heterocycles. The van der Waals surface area contributed by atoms with E-state index in [-0.39, 0.29) is 5.57 Å². The van der Waals surface area contributed by atoms with Gasteiger partial charge in [-0.1, -0.05) is 6.58 Å². The van der Waals surface area contributed by atoms with E-state index >= 15 is 0 Å². The first-order valence-electron chi connectivity index (χ1n) is 3.75. The smallest absolute Gasteiger partial charge is 0.416 e. The summed E-state index contributed by atoms with van der Waals surface area (Å²) >= 11 is 0. The third kappa shape index (κ3) is 5.04. The SMILES string of the molecule is C=C(C)C(=O)OC(OC(C)=O)C(F)(F)F. The Kier molecular flexibility index (Phi) is 4.32. The van der Waals surface area contributed by atoms with Crippen molar-refractivity contribution in [2.24, 2.45) is 0 Å². The number of rotatable bonds is 3. The van der Waals surface area contributed by atoms with Crippen LogP contribution in [-0.2, 0) is 19.1 Å². The van der Waals surface area contributed by atoms with E-state index in [0.29, 0.717) is 0 Å². The number of esters is 2. The lowest BCUT2D eigenvalue weighted by Crippen LogP contribution is -2.37. The molecule has 86 valence electrons. The number of carbonyl (C=O) groups excluding carboxylic acids is 2. The van der Waals surface area contributed by atoms with Gasteiger partial charge in [0.05, 0.1) is 0 Å². The van der Waals surface area contributed by atoms with E-state index in [1.54, 1.807) is 0 Å². The summed E-state index contributed by atoms with van der Waals surface area (Å²) in [6.07, 6.45) is -7.85. The van der Waals surface area contributed by atoms with Crippen LogP contribution in [0.25, 0.3) is 0 Å². The van der Waals surface area contributed by atoms with E-state index in [1.165, 1.54) is 6.92 Å². The van der Waals surface area contributed by atoms with Gasteiger partial charge in [0.2, 0.25) is 0 Å². The predicted octanol–water partition coefficient (Wildman–Crippen LogP) is 1.56. The largest absolute Gasteiger partial charge is 0.464 e. The zero-order valence-electron chi connectivity index (χ0n) is 8.05. The molecule has 7 heteroatoms. The summed E-state index contributed by atoms with van der Waals surface area (Å²) in [5.74, 6) is -2.48. The number of halogens is 3. The van der Waals surface area contributed by atoms with Crippen LogP contribution in [0.3, 0.4) is 0 Å². The zero-order chi connectivity index (χ0) is 12.2. The standard InChI is InChI=1S/C8H9F3O4/c1-4(2)6(13)15-7(8(9,10)11)14-5(3)12/h7H,1H2,2-3H3. The summed E-state index contributed by atoms with van der Waals surface area (Å²) in [6, 6.07) is 0. The molecule has 0 aromatic carbocycles. The molecule has 0 aliphatic rings. The molecule has 0 bridgehead atoms. The average molecular weight is 226 g/mol. The molecule has 0 aliphatic carbocycles. The van der Waals surface area contributed by atoms with E-state index < -0.39 is 24.4 Å². The highest BCUT2D eigenvalue weighted by Crippen LogP contribution is 2.24. The van der Waals surface area contributed by atoms with E-state index in [0.717, 1.165) is 6.92 Å². The number of ether oxygens (including phenoxy) is 2. The Hall–Kier alpha value is -1.53. The lowest BCUT2D eigenvalue weighted by atomic mass is 10.4. The van der Waals surface area contributed by atoms with Gasteiger partial charge in [0, 0.05) is 12.5 Å². The van der Waals surface area contributed by atoms with Crippen LogP contribution in [0, 0.1) is 0 Å². The zero-order valence-corrected chi connectivity index (χ0v) is 8.05. The second-order valence-corrected chi connectivity index (χ2v) is 2.67. The highest BCUT2D eigenvalue weighted by atomic mass is 19.4. The molecule has 0 saturated heterocycles. The van der Waals surface area contributed by atoms with Crippen LogP contribution in [0.15, 0.2) is 12.2 Å². The van der Waals surface area contributed by atoms with E-state index in [4.69, 9.17) is 0 Å². The molecule has 4 nitrogen and oxygen atoms in total. The van der Waals surface area contributed by atoms with Gasteiger partial charge in [0.1, 0.15) is 0 Å². The second kappa shape index (κ2) is 4.81. The van der Waals surface area contributed by atoms with Gasteiger partial charge in [-0.2, -0.15) is 13.2 Å². The van der Waals surface area contributed by atoms with Crippen molar-refractivity contribution in [2.75, 3.05) is 0 Å². The lowest BCUT2D eigenvalue weighted by molar-refractivity contribution is -0.289. The molecule has 15 heavy (non-hydrogen) atoms. The monoisotopic (exact) mass is 226 g/mol. The highest BCUT2D eigenvalue weighted by molar-refractivity contribution is 5.87. The summed E-state index contributed by atoms with van der Waals surface area (Å²) in [5, 5.41) is 0. The summed E-state index contributed by atoms with van der Waals surface area (Å²) in [4.78, 5) is 21.1. The number of hydrogen-bond acceptors (Lipinski definition) is 4. The summed E-state index contributed by atoms with van der Waals surface area (Å²) < 4.78 is 44.0. The Morgan fingerprint density at radius 3 is 1.93 bits per heavy atom. The van der Waals surface area contributed by atoms with Crippen LogP contribution in [0.5, 0.6) is 0 Å². The number of carbonyl (C=O) groups is 2. The Labute approximate surface area is 83.7 Å². The van der Waals surface area contributed by atoms with E-state index in [2.05, 4.69) is 16.1 Å². The van der Waals surface area contributed by atoms with Gasteiger partial charge in [0.25, 0.3) is 0 Å². The van der Waals surface area contributed by atoms with Crippen LogP contribution in [0.1, 0.15) is 13.8 Å². The molecular formula is C8H9F3O4. The van der Waals surface area contributed by atoms with Gasteiger partial charge in [-0.15, -0.1) is 0 Å². The van der Waals surface area contributed by atoms with Gasteiger partial charge in [0.15, 0.2) is 0 Å². The third-order valence-electron chi connectivity index (χ3n) is 1.10. The fourth-order valence-electron chi connectivity index (χ4n) is 0.506. The van der Waals surface area contributed by atoms with Crippen LogP contribution in [0.2, 0.25) is 0 Å². The van der Waals surface area contributed by atoms with Gasteiger partial charge >= 0.3 is 24.4 Å². The van der Waals surface area contributed by atoms with Gasteiger partial charge in [-0.05, 0) is 6.92 Å². The fourth-order valence-corrected chi connectivity index (χ4v) is 0.506. The first-order chi connectivity index (χ1) is 6.64. The van der Waals surface area contributed by atoms with Crippen molar-refractivity contribution in [3.05, 3.63) is 12.2 Å². The van der Waals surface area contributed by atoms with Crippen molar-refractivity contribution < 1.29 is 32.2 Å². The molecule has 0 aromatic heterocycles. The number of hydrogen-bond donors (Lipinski definition) is 0. The van der Waals surface area contributed by atoms with Crippen molar-refractivity contribution >= 4 is 11.9 Å². The van der Waals surface area contributed by atoms with Gasteiger partial charge in [-0.25, -0.2) is 4.79 Å². The molecule has 0 spiro atoms. The summed E-state index contributed by atoms with van der Waals surface area (Å²) in [6.45, 7) is 5.03. The van der Waals surface area contributed by atoms with Crippen molar-refractivity contribution in [1.82, 2.24) is 0 Å². The molecule has 1 unspecified atom stereocenters. The normalized spacial score (nSPS) is 12.9. The molecule has 0 N–H and O–H groups in total. The average Bonchev–Trinajstić information content (AvgIpc) is 2.00. The Balaban J connectivity index is 4.59. The molecule has 0 amide bonds. The Morgan fingerprint density at radius 2 is 1.67 bits per heavy atom. The second-order valence-electron chi connectivity index (χ2n) is 2.67. The van der Waals surface area contributed by atoms with E-state index in [1.807, 2.05) is 0 Å². The molecule has 0 fully saturated rings. The van der Waals surface area contributed by atoms with Crippen LogP contribution in [-0.4, -0.2) is 24.4 Å². The van der Waals surface area contributed by atoms with Crippen molar-refractivity contribution in [3.63, 3.8) is 0 Å². The Morgan fingerprint density at radius 1 is 1.20 bits per heavy atom. The van der Waals surface area contributed by atoms with Crippen LogP contribution >= 0.6 is 0 Å². The quantitative estimate of drug-likeness (QED) is 0.416. The molecule has 1 atom stereocenters. The maximum atomic E-state index is 12.1. The van der Waals surface area contributed by atoms with Crippen molar-refractivity contribution in [2.45, 2.75) is 26.3 Å². The minimum atomic E-state index is -4.96. The maximum Gasteiger partial charge on any atom is 0.464 e. The highest BCUT2D eigenvalue weighted by Gasteiger charge is 2.46. The van der Waals surface area contributed by atoms with Crippen LogP contribution in [0.4, 0.5) is 13.2 Å². The fraction of sp³-hybridized carbons (Fsp3) is 0.500. The van der Waals surface area contributed by atoms with Gasteiger partial charge in [-0.3, -0.25) is 4.79 Å². The molecule has 0 rings (SSSR count). The Bertz CT molecular complexity index is 282. The first-order valence-corrected chi connectivity index (χ1v) is 3.75. The van der Waals surface area contributed by atoms with E-state index in [9.17, 15) is 22.8 Å².